The smallest absolute Gasteiger partial charge is 0.203 e. The van der Waals surface area contributed by atoms with Crippen molar-refractivity contribution in [1.29, 1.82) is 0 Å². The van der Waals surface area contributed by atoms with Crippen molar-refractivity contribution in [2.24, 2.45) is 0 Å². The Kier molecular flexibility index (Phi) is 5.04. The Balaban J connectivity index is 3.06. The summed E-state index contributed by atoms with van der Waals surface area (Å²) in [5.74, 6) is 1.72. The second-order valence-electron chi connectivity index (χ2n) is 3.77. The SMILES string of the molecule is CC[S+](CC)N(C)S(=O)(=O)c1ccc(C)cc1. The first kappa shape index (κ1) is 14.5. The number of nitrogens with zero attached hydrogens (tertiary/aromatic N) is 1. The Hall–Kier alpha value is -0.520. The first-order valence-electron chi connectivity index (χ1n) is 5.66. The van der Waals surface area contributed by atoms with E-state index in [1.165, 1.54) is 3.71 Å². The van der Waals surface area contributed by atoms with Gasteiger partial charge in [0, 0.05) is 0 Å². The standard InChI is InChI=1S/C12H20NO2S2/c1-5-16(6-2)13(4)17(14,15)12-9-7-11(3)8-10-12/h7-10H,5-6H2,1-4H3/q+1. The molecule has 0 N–H and O–H groups in total. The molecule has 1 rings (SSSR count). The van der Waals surface area contributed by atoms with Crippen LogP contribution in [0, 0.1) is 6.92 Å². The lowest BCUT2D eigenvalue weighted by Gasteiger charge is -2.16. The van der Waals surface area contributed by atoms with Crippen LogP contribution in [-0.4, -0.2) is 30.7 Å². The summed E-state index contributed by atoms with van der Waals surface area (Å²) in [7, 11) is -1.66. The fourth-order valence-corrected chi connectivity index (χ4v) is 5.48. The molecule has 0 saturated heterocycles. The molecule has 0 aliphatic carbocycles. The Morgan fingerprint density at radius 3 is 2.00 bits per heavy atom. The molecule has 1 aromatic carbocycles. The Morgan fingerprint density at radius 1 is 1.12 bits per heavy atom. The van der Waals surface area contributed by atoms with E-state index < -0.39 is 10.0 Å². The fraction of sp³-hybridized carbons (Fsp3) is 0.500. The molecule has 0 fully saturated rings. The summed E-state index contributed by atoms with van der Waals surface area (Å²) in [6.07, 6.45) is 0. The van der Waals surface area contributed by atoms with E-state index in [9.17, 15) is 8.42 Å². The highest BCUT2D eigenvalue weighted by atomic mass is 32.3. The van der Waals surface area contributed by atoms with Crippen molar-refractivity contribution in [3.8, 4) is 0 Å². The van der Waals surface area contributed by atoms with Gasteiger partial charge in [0.1, 0.15) is 11.5 Å². The Bertz CT molecular complexity index is 450. The van der Waals surface area contributed by atoms with E-state index in [-0.39, 0.29) is 11.1 Å². The van der Waals surface area contributed by atoms with Crippen molar-refractivity contribution in [3.05, 3.63) is 29.8 Å². The van der Waals surface area contributed by atoms with Crippen LogP contribution in [0.4, 0.5) is 0 Å². The molecule has 0 bridgehead atoms. The molecule has 17 heavy (non-hydrogen) atoms. The quantitative estimate of drug-likeness (QED) is 0.772. The van der Waals surface area contributed by atoms with Gasteiger partial charge in [-0.25, -0.2) is 8.42 Å². The van der Waals surface area contributed by atoms with Crippen molar-refractivity contribution in [3.63, 3.8) is 0 Å². The van der Waals surface area contributed by atoms with E-state index in [2.05, 4.69) is 0 Å². The molecule has 5 heteroatoms. The topological polar surface area (TPSA) is 37.4 Å². The molecule has 0 saturated carbocycles. The first-order chi connectivity index (χ1) is 7.93. The minimum atomic E-state index is -3.33. The van der Waals surface area contributed by atoms with Crippen LogP contribution < -0.4 is 0 Å². The van der Waals surface area contributed by atoms with Crippen molar-refractivity contribution in [1.82, 2.24) is 3.71 Å². The lowest BCUT2D eigenvalue weighted by atomic mass is 10.2. The maximum atomic E-state index is 12.3. The van der Waals surface area contributed by atoms with Gasteiger partial charge in [-0.2, -0.15) is 0 Å². The molecule has 0 aliphatic heterocycles. The number of rotatable bonds is 5. The monoisotopic (exact) mass is 274 g/mol. The highest BCUT2D eigenvalue weighted by Crippen LogP contribution is 2.19. The average Bonchev–Trinajstić information content (AvgIpc) is 2.31. The van der Waals surface area contributed by atoms with E-state index in [0.29, 0.717) is 4.90 Å². The zero-order valence-electron chi connectivity index (χ0n) is 10.8. The molecule has 0 aromatic heterocycles. The predicted octanol–water partition coefficient (Wildman–Crippen LogP) is 2.19. The Labute approximate surface area is 107 Å². The summed E-state index contributed by atoms with van der Waals surface area (Å²) < 4.78 is 26.2. The van der Waals surface area contributed by atoms with Crippen LogP contribution in [0.3, 0.4) is 0 Å². The van der Waals surface area contributed by atoms with E-state index in [4.69, 9.17) is 0 Å². The van der Waals surface area contributed by atoms with Crippen LogP contribution in [0.1, 0.15) is 19.4 Å². The molecule has 1 aromatic rings. The van der Waals surface area contributed by atoms with Gasteiger partial charge in [-0.15, -0.1) is 0 Å². The van der Waals surface area contributed by atoms with Crippen LogP contribution >= 0.6 is 0 Å². The van der Waals surface area contributed by atoms with Crippen LogP contribution in [-0.2, 0) is 21.1 Å². The summed E-state index contributed by atoms with van der Waals surface area (Å²) in [6.45, 7) is 5.99. The van der Waals surface area contributed by atoms with Crippen LogP contribution in [0.2, 0.25) is 0 Å². The van der Waals surface area contributed by atoms with E-state index in [0.717, 1.165) is 17.1 Å². The molecule has 0 heterocycles. The van der Waals surface area contributed by atoms with Gasteiger partial charge in [-0.05, 0) is 36.6 Å². The van der Waals surface area contributed by atoms with Gasteiger partial charge < -0.3 is 0 Å². The lowest BCUT2D eigenvalue weighted by molar-refractivity contribution is 0.562. The minimum Gasteiger partial charge on any atom is -0.203 e. The maximum Gasteiger partial charge on any atom is 0.281 e. The van der Waals surface area contributed by atoms with E-state index in [1.807, 2.05) is 32.9 Å². The highest BCUT2D eigenvalue weighted by molar-refractivity contribution is 8.06. The number of benzene rings is 1. The van der Waals surface area contributed by atoms with Gasteiger partial charge in [0.2, 0.25) is 0 Å². The molecule has 0 atom stereocenters. The summed E-state index contributed by atoms with van der Waals surface area (Å²) in [5.41, 5.74) is 1.07. The third-order valence-corrected chi connectivity index (χ3v) is 7.51. The number of hydrogen-bond acceptors (Lipinski definition) is 2. The van der Waals surface area contributed by atoms with Crippen LogP contribution in [0.25, 0.3) is 0 Å². The van der Waals surface area contributed by atoms with Crippen LogP contribution in [0.15, 0.2) is 29.2 Å². The molecular formula is C12H20NO2S2+. The van der Waals surface area contributed by atoms with E-state index in [1.54, 1.807) is 19.2 Å². The third kappa shape index (κ3) is 3.24. The number of hydrogen-bond donors (Lipinski definition) is 0. The van der Waals surface area contributed by atoms with Crippen LogP contribution in [0.5, 0.6) is 0 Å². The molecule has 0 radical (unpaired) electrons. The maximum absolute atomic E-state index is 12.3. The molecule has 96 valence electrons. The highest BCUT2D eigenvalue weighted by Gasteiger charge is 2.33. The number of sulfonamides is 1. The van der Waals surface area contributed by atoms with Crippen molar-refractivity contribution in [2.45, 2.75) is 25.7 Å². The molecule has 0 amide bonds. The second kappa shape index (κ2) is 5.89. The van der Waals surface area contributed by atoms with Gasteiger partial charge >= 0.3 is 0 Å². The summed E-state index contributed by atoms with van der Waals surface area (Å²) in [6, 6.07) is 7.01. The van der Waals surface area contributed by atoms with Gasteiger partial charge in [0.05, 0.1) is 23.0 Å². The van der Waals surface area contributed by atoms with Crippen molar-refractivity contribution in [2.75, 3.05) is 18.6 Å². The summed E-state index contributed by atoms with van der Waals surface area (Å²) in [4.78, 5) is 0.380. The third-order valence-electron chi connectivity index (χ3n) is 2.69. The van der Waals surface area contributed by atoms with Gasteiger partial charge in [0.25, 0.3) is 10.0 Å². The van der Waals surface area contributed by atoms with Gasteiger partial charge in [-0.1, -0.05) is 17.7 Å². The molecule has 0 unspecified atom stereocenters. The zero-order chi connectivity index (χ0) is 13.1. The fourth-order valence-electron chi connectivity index (χ4n) is 1.57. The minimum absolute atomic E-state index is 0.213. The molecule has 0 spiro atoms. The molecule has 0 aliphatic rings. The normalized spacial score (nSPS) is 12.4. The molecular weight excluding hydrogens is 254 g/mol. The van der Waals surface area contributed by atoms with Gasteiger partial charge in [-0.3, -0.25) is 0 Å². The van der Waals surface area contributed by atoms with Gasteiger partial charge in [0.15, 0.2) is 0 Å². The average molecular weight is 274 g/mol. The largest absolute Gasteiger partial charge is 0.281 e. The summed E-state index contributed by atoms with van der Waals surface area (Å²) in [5, 5.41) is 0. The summed E-state index contributed by atoms with van der Waals surface area (Å²) >= 11 is -0.213. The molecule has 3 nitrogen and oxygen atoms in total. The first-order valence-corrected chi connectivity index (χ1v) is 8.62. The van der Waals surface area contributed by atoms with Crippen molar-refractivity contribution >= 4 is 21.1 Å². The number of aryl methyl sites for hydroxylation is 1. The second-order valence-corrected chi connectivity index (χ2v) is 8.59. The van der Waals surface area contributed by atoms with E-state index >= 15 is 0 Å². The Morgan fingerprint density at radius 2 is 1.59 bits per heavy atom. The predicted molar refractivity (Wildman–Crippen MR) is 74.6 cm³/mol. The van der Waals surface area contributed by atoms with Crippen molar-refractivity contribution < 1.29 is 8.42 Å². The lowest BCUT2D eigenvalue weighted by Crippen LogP contribution is -2.35. The zero-order valence-corrected chi connectivity index (χ0v) is 12.4.